The van der Waals surface area contributed by atoms with Gasteiger partial charge < -0.3 is 10.2 Å². The maximum atomic E-state index is 12.1. The van der Waals surface area contributed by atoms with Crippen molar-refractivity contribution in [2.24, 2.45) is 5.16 Å². The number of hydrogen-bond acceptors (Lipinski definition) is 3. The van der Waals surface area contributed by atoms with Gasteiger partial charge in [0.25, 0.3) is 5.91 Å². The Bertz CT molecular complexity index is 707. The SMILES string of the molecule is CCc1cccc(CC)c1NC(=O)CO/N=C\c1ccccc1Br. The highest BCUT2D eigenvalue weighted by Gasteiger charge is 2.10. The Morgan fingerprint density at radius 2 is 1.79 bits per heavy atom. The molecule has 0 heterocycles. The average molecular weight is 389 g/mol. The molecule has 5 heteroatoms. The van der Waals surface area contributed by atoms with Gasteiger partial charge in [0.1, 0.15) is 0 Å². The van der Waals surface area contributed by atoms with Crippen molar-refractivity contribution in [1.82, 2.24) is 0 Å². The van der Waals surface area contributed by atoms with E-state index >= 15 is 0 Å². The first kappa shape index (κ1) is 18.2. The third-order valence-corrected chi connectivity index (χ3v) is 4.35. The molecule has 0 spiro atoms. The highest BCUT2D eigenvalue weighted by Crippen LogP contribution is 2.22. The van der Waals surface area contributed by atoms with Gasteiger partial charge in [0, 0.05) is 15.7 Å². The molecule has 126 valence electrons. The summed E-state index contributed by atoms with van der Waals surface area (Å²) in [6, 6.07) is 13.7. The van der Waals surface area contributed by atoms with Crippen molar-refractivity contribution in [3.63, 3.8) is 0 Å². The van der Waals surface area contributed by atoms with Crippen molar-refractivity contribution in [3.8, 4) is 0 Å². The fourth-order valence-corrected chi connectivity index (χ4v) is 2.74. The maximum absolute atomic E-state index is 12.1. The quantitative estimate of drug-likeness (QED) is 0.558. The Hall–Kier alpha value is -2.14. The monoisotopic (exact) mass is 388 g/mol. The lowest BCUT2D eigenvalue weighted by Gasteiger charge is -2.13. The predicted molar refractivity (Wildman–Crippen MR) is 102 cm³/mol. The maximum Gasteiger partial charge on any atom is 0.265 e. The third-order valence-electron chi connectivity index (χ3n) is 3.63. The van der Waals surface area contributed by atoms with Crippen molar-refractivity contribution in [3.05, 3.63) is 63.6 Å². The Morgan fingerprint density at radius 3 is 2.42 bits per heavy atom. The Labute approximate surface area is 151 Å². The number of rotatable bonds is 7. The highest BCUT2D eigenvalue weighted by atomic mass is 79.9. The zero-order valence-corrected chi connectivity index (χ0v) is 15.5. The molecule has 0 saturated carbocycles. The summed E-state index contributed by atoms with van der Waals surface area (Å²) >= 11 is 3.43. The molecule has 0 unspecified atom stereocenters. The lowest BCUT2D eigenvalue weighted by atomic mass is 10.0. The standard InChI is InChI=1S/C19H21BrN2O2/c1-3-14-9-7-10-15(4-2)19(14)22-18(23)13-24-21-12-16-8-5-6-11-17(16)20/h5-12H,3-4,13H2,1-2H3,(H,22,23)/b21-12-. The second-order valence-corrected chi connectivity index (χ2v) is 6.09. The molecule has 0 bridgehead atoms. The first-order chi connectivity index (χ1) is 11.7. The van der Waals surface area contributed by atoms with Crippen LogP contribution in [0.25, 0.3) is 0 Å². The number of benzene rings is 2. The van der Waals surface area contributed by atoms with Crippen molar-refractivity contribution >= 4 is 33.7 Å². The lowest BCUT2D eigenvalue weighted by Crippen LogP contribution is -2.19. The van der Waals surface area contributed by atoms with Gasteiger partial charge in [-0.2, -0.15) is 0 Å². The molecular formula is C19H21BrN2O2. The fourth-order valence-electron chi connectivity index (χ4n) is 2.35. The van der Waals surface area contributed by atoms with Crippen molar-refractivity contribution < 1.29 is 9.63 Å². The van der Waals surface area contributed by atoms with Crippen molar-refractivity contribution in [2.75, 3.05) is 11.9 Å². The van der Waals surface area contributed by atoms with E-state index in [0.717, 1.165) is 39.7 Å². The van der Waals surface area contributed by atoms with Gasteiger partial charge in [0.05, 0.1) is 6.21 Å². The normalized spacial score (nSPS) is 10.8. The average Bonchev–Trinajstić information content (AvgIpc) is 2.60. The fraction of sp³-hybridized carbons (Fsp3) is 0.263. The van der Waals surface area contributed by atoms with E-state index in [1.165, 1.54) is 0 Å². The van der Waals surface area contributed by atoms with Gasteiger partial charge in [-0.15, -0.1) is 0 Å². The molecule has 0 aliphatic rings. The minimum atomic E-state index is -0.213. The molecule has 2 aromatic rings. The molecule has 0 radical (unpaired) electrons. The van der Waals surface area contributed by atoms with Gasteiger partial charge in [-0.3, -0.25) is 4.79 Å². The predicted octanol–water partition coefficient (Wildman–Crippen LogP) is 4.56. The van der Waals surface area contributed by atoms with Gasteiger partial charge >= 0.3 is 0 Å². The Morgan fingerprint density at radius 1 is 1.12 bits per heavy atom. The van der Waals surface area contributed by atoms with E-state index in [1.807, 2.05) is 42.5 Å². The number of amides is 1. The van der Waals surface area contributed by atoms with E-state index < -0.39 is 0 Å². The van der Waals surface area contributed by atoms with E-state index in [0.29, 0.717) is 0 Å². The minimum absolute atomic E-state index is 0.123. The molecule has 24 heavy (non-hydrogen) atoms. The number of nitrogens with one attached hydrogen (secondary N) is 1. The van der Waals surface area contributed by atoms with Crippen LogP contribution in [0.5, 0.6) is 0 Å². The Balaban J connectivity index is 1.94. The first-order valence-electron chi connectivity index (χ1n) is 7.96. The van der Waals surface area contributed by atoms with Gasteiger partial charge in [-0.1, -0.05) is 71.3 Å². The van der Waals surface area contributed by atoms with Gasteiger partial charge in [0.2, 0.25) is 0 Å². The Kier molecular flexibility index (Phi) is 7.00. The number of aryl methyl sites for hydroxylation is 2. The van der Waals surface area contributed by atoms with Crippen LogP contribution in [0, 0.1) is 0 Å². The van der Waals surface area contributed by atoms with Gasteiger partial charge in [0.15, 0.2) is 6.61 Å². The van der Waals surface area contributed by atoms with Crippen LogP contribution in [-0.4, -0.2) is 18.7 Å². The smallest absolute Gasteiger partial charge is 0.265 e. The molecule has 0 fully saturated rings. The number of halogens is 1. The van der Waals surface area contributed by atoms with Crippen LogP contribution < -0.4 is 5.32 Å². The van der Waals surface area contributed by atoms with Crippen LogP contribution in [0.2, 0.25) is 0 Å². The summed E-state index contributed by atoms with van der Waals surface area (Å²) in [6.07, 6.45) is 3.31. The van der Waals surface area contributed by atoms with Crippen LogP contribution in [0.3, 0.4) is 0 Å². The van der Waals surface area contributed by atoms with Crippen molar-refractivity contribution in [1.29, 1.82) is 0 Å². The third kappa shape index (κ3) is 4.93. The molecule has 4 nitrogen and oxygen atoms in total. The molecule has 1 amide bonds. The van der Waals surface area contributed by atoms with E-state index in [9.17, 15) is 4.79 Å². The van der Waals surface area contributed by atoms with Crippen LogP contribution in [-0.2, 0) is 22.5 Å². The molecule has 2 aromatic carbocycles. The topological polar surface area (TPSA) is 50.7 Å². The molecule has 2 rings (SSSR count). The number of carbonyl (C=O) groups excluding carboxylic acids is 1. The van der Waals surface area contributed by atoms with Crippen LogP contribution >= 0.6 is 15.9 Å². The van der Waals surface area contributed by atoms with Gasteiger partial charge in [-0.05, 0) is 30.0 Å². The van der Waals surface area contributed by atoms with E-state index in [2.05, 4.69) is 40.2 Å². The van der Waals surface area contributed by atoms with E-state index in [-0.39, 0.29) is 12.5 Å². The summed E-state index contributed by atoms with van der Waals surface area (Å²) < 4.78 is 0.922. The molecule has 0 aliphatic carbocycles. The van der Waals surface area contributed by atoms with E-state index in [4.69, 9.17) is 4.84 Å². The zero-order chi connectivity index (χ0) is 17.4. The number of hydrogen-bond donors (Lipinski definition) is 1. The second-order valence-electron chi connectivity index (χ2n) is 5.24. The summed E-state index contributed by atoms with van der Waals surface area (Å²) in [6.45, 7) is 4.02. The zero-order valence-electron chi connectivity index (χ0n) is 13.9. The van der Waals surface area contributed by atoms with Crippen LogP contribution in [0.1, 0.15) is 30.5 Å². The summed E-state index contributed by atoms with van der Waals surface area (Å²) in [5.41, 5.74) is 4.03. The number of anilines is 1. The number of nitrogens with zero attached hydrogens (tertiary/aromatic N) is 1. The number of carbonyl (C=O) groups is 1. The number of oxime groups is 1. The molecule has 0 aliphatic heterocycles. The largest absolute Gasteiger partial charge is 0.386 e. The first-order valence-corrected chi connectivity index (χ1v) is 8.75. The highest BCUT2D eigenvalue weighted by molar-refractivity contribution is 9.10. The van der Waals surface area contributed by atoms with E-state index in [1.54, 1.807) is 6.21 Å². The molecule has 1 N–H and O–H groups in total. The minimum Gasteiger partial charge on any atom is -0.386 e. The summed E-state index contributed by atoms with van der Waals surface area (Å²) in [7, 11) is 0. The molecule has 0 saturated heterocycles. The molecule has 0 aromatic heterocycles. The van der Waals surface area contributed by atoms with Crippen molar-refractivity contribution in [2.45, 2.75) is 26.7 Å². The van der Waals surface area contributed by atoms with Crippen LogP contribution in [0.4, 0.5) is 5.69 Å². The molecular weight excluding hydrogens is 368 g/mol. The summed E-state index contributed by atoms with van der Waals surface area (Å²) in [5, 5.41) is 6.80. The molecule has 0 atom stereocenters. The summed E-state index contributed by atoms with van der Waals surface area (Å²) in [5.74, 6) is -0.213. The number of para-hydroxylation sites is 1. The van der Waals surface area contributed by atoms with Gasteiger partial charge in [-0.25, -0.2) is 0 Å². The lowest BCUT2D eigenvalue weighted by molar-refractivity contribution is -0.120. The summed E-state index contributed by atoms with van der Waals surface area (Å²) in [4.78, 5) is 17.2. The second kappa shape index (κ2) is 9.23. The van der Waals surface area contributed by atoms with Crippen LogP contribution in [0.15, 0.2) is 52.1 Å².